The maximum atomic E-state index is 12.4. The molecule has 1 fully saturated rings. The first-order chi connectivity index (χ1) is 12.6. The van der Waals surface area contributed by atoms with Crippen LogP contribution in [0.4, 0.5) is 5.69 Å². The van der Waals surface area contributed by atoms with Crippen molar-refractivity contribution in [1.82, 2.24) is 10.1 Å². The smallest absolute Gasteiger partial charge is 0.257 e. The Morgan fingerprint density at radius 3 is 2.58 bits per heavy atom. The maximum absolute atomic E-state index is 12.4. The molecule has 1 aromatic heterocycles. The number of nitriles is 1. The predicted molar refractivity (Wildman–Crippen MR) is 95.3 cm³/mol. The molecule has 1 atom stereocenters. The second kappa shape index (κ2) is 6.45. The van der Waals surface area contributed by atoms with Crippen LogP contribution in [0.2, 0.25) is 0 Å². The molecule has 1 aliphatic heterocycles. The standard InChI is InChI=1S/C20H16N4O2/c1-13-2-8-17(9-3-13)24-12-16(10-18(24)25)19-22-20(26-23-19)15-6-4-14(11-21)5-7-15/h2-9,16H,10,12H2,1H3/t16-/m0/s1. The highest BCUT2D eigenvalue weighted by atomic mass is 16.5. The average molecular weight is 344 g/mol. The van der Waals surface area contributed by atoms with E-state index in [1.807, 2.05) is 31.2 Å². The van der Waals surface area contributed by atoms with E-state index in [4.69, 9.17) is 9.78 Å². The van der Waals surface area contributed by atoms with Crippen LogP contribution in [0.25, 0.3) is 11.5 Å². The Kier molecular flexibility index (Phi) is 3.98. The Bertz CT molecular complexity index is 984. The topological polar surface area (TPSA) is 83.0 Å². The third kappa shape index (κ3) is 2.95. The van der Waals surface area contributed by atoms with E-state index in [1.54, 1.807) is 29.2 Å². The Hall–Kier alpha value is -3.46. The van der Waals surface area contributed by atoms with Crippen LogP contribution in [0.15, 0.2) is 53.1 Å². The normalized spacial score (nSPS) is 16.7. The molecular weight excluding hydrogens is 328 g/mol. The van der Waals surface area contributed by atoms with Gasteiger partial charge in [0.05, 0.1) is 11.6 Å². The van der Waals surface area contributed by atoms with Crippen LogP contribution in [0.1, 0.15) is 29.3 Å². The van der Waals surface area contributed by atoms with E-state index in [0.29, 0.717) is 30.2 Å². The van der Waals surface area contributed by atoms with Crippen molar-refractivity contribution < 1.29 is 9.32 Å². The number of aryl methyl sites for hydroxylation is 1. The first-order valence-corrected chi connectivity index (χ1v) is 8.35. The number of aromatic nitrogens is 2. The lowest BCUT2D eigenvalue weighted by Crippen LogP contribution is -2.24. The maximum Gasteiger partial charge on any atom is 0.257 e. The van der Waals surface area contributed by atoms with Gasteiger partial charge in [0.15, 0.2) is 5.82 Å². The van der Waals surface area contributed by atoms with Crippen molar-refractivity contribution in [3.8, 4) is 17.5 Å². The molecule has 0 unspecified atom stereocenters. The van der Waals surface area contributed by atoms with Crippen LogP contribution in [0.3, 0.4) is 0 Å². The minimum Gasteiger partial charge on any atom is -0.334 e. The molecule has 4 rings (SSSR count). The molecule has 128 valence electrons. The van der Waals surface area contributed by atoms with Gasteiger partial charge >= 0.3 is 0 Å². The number of carbonyl (C=O) groups is 1. The highest BCUT2D eigenvalue weighted by Gasteiger charge is 2.34. The number of hydrogen-bond donors (Lipinski definition) is 0. The van der Waals surface area contributed by atoms with E-state index in [0.717, 1.165) is 16.8 Å². The van der Waals surface area contributed by atoms with Gasteiger partial charge in [-0.1, -0.05) is 22.9 Å². The summed E-state index contributed by atoms with van der Waals surface area (Å²) >= 11 is 0. The van der Waals surface area contributed by atoms with E-state index < -0.39 is 0 Å². The van der Waals surface area contributed by atoms with Crippen molar-refractivity contribution in [3.63, 3.8) is 0 Å². The molecule has 0 aliphatic carbocycles. The Morgan fingerprint density at radius 1 is 1.15 bits per heavy atom. The van der Waals surface area contributed by atoms with Crippen LogP contribution >= 0.6 is 0 Å². The van der Waals surface area contributed by atoms with Crippen molar-refractivity contribution in [1.29, 1.82) is 5.26 Å². The van der Waals surface area contributed by atoms with Crippen LogP contribution in [0, 0.1) is 18.3 Å². The average Bonchev–Trinajstić information content (AvgIpc) is 3.29. The molecule has 6 heteroatoms. The van der Waals surface area contributed by atoms with Gasteiger partial charge in [0.25, 0.3) is 5.89 Å². The second-order valence-corrected chi connectivity index (χ2v) is 6.39. The summed E-state index contributed by atoms with van der Waals surface area (Å²) in [5.74, 6) is 0.890. The highest BCUT2D eigenvalue weighted by Crippen LogP contribution is 2.31. The zero-order chi connectivity index (χ0) is 18.1. The fourth-order valence-electron chi connectivity index (χ4n) is 3.06. The predicted octanol–water partition coefficient (Wildman–Crippen LogP) is 3.44. The molecule has 0 bridgehead atoms. The quantitative estimate of drug-likeness (QED) is 0.727. The van der Waals surface area contributed by atoms with Crippen LogP contribution in [0.5, 0.6) is 0 Å². The Morgan fingerprint density at radius 2 is 1.88 bits per heavy atom. The number of amides is 1. The van der Waals surface area contributed by atoms with Gasteiger partial charge in [0.1, 0.15) is 0 Å². The molecule has 6 nitrogen and oxygen atoms in total. The molecule has 3 aromatic rings. The van der Waals surface area contributed by atoms with Gasteiger partial charge < -0.3 is 9.42 Å². The Balaban J connectivity index is 1.53. The fraction of sp³-hybridized carbons (Fsp3) is 0.200. The first kappa shape index (κ1) is 16.0. The van der Waals surface area contributed by atoms with Gasteiger partial charge in [-0.2, -0.15) is 10.2 Å². The monoisotopic (exact) mass is 344 g/mol. The summed E-state index contributed by atoms with van der Waals surface area (Å²) in [5, 5.41) is 12.9. The summed E-state index contributed by atoms with van der Waals surface area (Å²) in [6.07, 6.45) is 0.361. The lowest BCUT2D eigenvalue weighted by molar-refractivity contribution is -0.117. The number of benzene rings is 2. The number of anilines is 1. The van der Waals surface area contributed by atoms with Crippen LogP contribution in [-0.2, 0) is 4.79 Å². The van der Waals surface area contributed by atoms with Gasteiger partial charge in [-0.15, -0.1) is 0 Å². The summed E-state index contributed by atoms with van der Waals surface area (Å²) in [7, 11) is 0. The molecule has 0 N–H and O–H groups in total. The highest BCUT2D eigenvalue weighted by molar-refractivity contribution is 5.96. The zero-order valence-corrected chi connectivity index (χ0v) is 14.2. The number of carbonyl (C=O) groups excluding carboxylic acids is 1. The van der Waals surface area contributed by atoms with Gasteiger partial charge in [-0.05, 0) is 43.3 Å². The molecule has 1 aliphatic rings. The molecule has 1 saturated heterocycles. The molecular formula is C20H16N4O2. The molecule has 0 spiro atoms. The van der Waals surface area contributed by atoms with Crippen molar-refractivity contribution in [3.05, 3.63) is 65.5 Å². The fourth-order valence-corrected chi connectivity index (χ4v) is 3.06. The molecule has 2 aromatic carbocycles. The van der Waals surface area contributed by atoms with Crippen LogP contribution < -0.4 is 4.90 Å². The van der Waals surface area contributed by atoms with Gasteiger partial charge in [0.2, 0.25) is 5.91 Å². The second-order valence-electron chi connectivity index (χ2n) is 6.39. The summed E-state index contributed by atoms with van der Waals surface area (Å²) in [5.41, 5.74) is 3.37. The van der Waals surface area contributed by atoms with Gasteiger partial charge in [-0.3, -0.25) is 4.79 Å². The van der Waals surface area contributed by atoms with Crippen molar-refractivity contribution in [2.75, 3.05) is 11.4 Å². The third-order valence-electron chi connectivity index (χ3n) is 4.54. The van der Waals surface area contributed by atoms with Gasteiger partial charge in [0, 0.05) is 30.1 Å². The van der Waals surface area contributed by atoms with E-state index in [1.165, 1.54) is 0 Å². The molecule has 0 saturated carbocycles. The number of hydrogen-bond acceptors (Lipinski definition) is 5. The van der Waals surface area contributed by atoms with Crippen LogP contribution in [-0.4, -0.2) is 22.6 Å². The first-order valence-electron chi connectivity index (χ1n) is 8.35. The number of nitrogens with zero attached hydrogens (tertiary/aromatic N) is 4. The largest absolute Gasteiger partial charge is 0.334 e. The van der Waals surface area contributed by atoms with Crippen molar-refractivity contribution in [2.45, 2.75) is 19.3 Å². The molecule has 26 heavy (non-hydrogen) atoms. The van der Waals surface area contributed by atoms with E-state index in [2.05, 4.69) is 16.2 Å². The summed E-state index contributed by atoms with van der Waals surface area (Å²) in [4.78, 5) is 18.6. The summed E-state index contributed by atoms with van der Waals surface area (Å²) in [6.45, 7) is 2.55. The Labute approximate surface area is 150 Å². The van der Waals surface area contributed by atoms with Gasteiger partial charge in [-0.25, -0.2) is 0 Å². The van der Waals surface area contributed by atoms with Crippen molar-refractivity contribution >= 4 is 11.6 Å². The number of rotatable bonds is 3. The minimum absolute atomic E-state index is 0.0589. The molecule has 1 amide bonds. The molecule has 2 heterocycles. The minimum atomic E-state index is -0.0975. The SMILES string of the molecule is Cc1ccc(N2C[C@@H](c3noc(-c4ccc(C#N)cc4)n3)CC2=O)cc1. The summed E-state index contributed by atoms with van der Waals surface area (Å²) in [6, 6.07) is 16.9. The zero-order valence-electron chi connectivity index (χ0n) is 14.2. The van der Waals surface area contributed by atoms with Crippen molar-refractivity contribution in [2.24, 2.45) is 0 Å². The van der Waals surface area contributed by atoms with E-state index in [9.17, 15) is 4.79 Å². The third-order valence-corrected chi connectivity index (χ3v) is 4.54. The lowest BCUT2D eigenvalue weighted by atomic mass is 10.1. The lowest BCUT2D eigenvalue weighted by Gasteiger charge is -2.16. The van der Waals surface area contributed by atoms with E-state index >= 15 is 0 Å². The van der Waals surface area contributed by atoms with E-state index in [-0.39, 0.29) is 11.8 Å². The molecule has 0 radical (unpaired) electrons. The summed E-state index contributed by atoms with van der Waals surface area (Å²) < 4.78 is 5.35.